The van der Waals surface area contributed by atoms with Crippen molar-refractivity contribution in [2.45, 2.75) is 32.3 Å². The third-order valence-electron chi connectivity index (χ3n) is 4.73. The third-order valence-corrected chi connectivity index (χ3v) is 4.73. The number of carbonyl (C=O) groups is 1. The summed E-state index contributed by atoms with van der Waals surface area (Å²) in [6, 6.07) is 13.2. The molecule has 1 aromatic heterocycles. The lowest BCUT2D eigenvalue weighted by Gasteiger charge is -2.29. The van der Waals surface area contributed by atoms with E-state index in [9.17, 15) is 4.79 Å². The number of aromatic nitrogens is 1. The Hall–Kier alpha value is -2.40. The predicted octanol–water partition coefficient (Wildman–Crippen LogP) is 3.79. The van der Waals surface area contributed by atoms with Crippen LogP contribution in [-0.4, -0.2) is 48.7 Å². The van der Waals surface area contributed by atoms with Gasteiger partial charge in [0.15, 0.2) is 0 Å². The summed E-state index contributed by atoms with van der Waals surface area (Å²) in [7, 11) is 1.60. The van der Waals surface area contributed by atoms with Crippen LogP contribution < -0.4 is 4.74 Å². The number of benzene rings is 1. The zero-order valence-electron chi connectivity index (χ0n) is 15.5. The van der Waals surface area contributed by atoms with Crippen LogP contribution in [0.15, 0.2) is 42.5 Å². The summed E-state index contributed by atoms with van der Waals surface area (Å²) in [6.45, 7) is 4.15. The minimum atomic E-state index is 0.0480. The maximum atomic E-state index is 12.8. The second-order valence-electron chi connectivity index (χ2n) is 6.47. The number of nitrogens with zero attached hydrogens (tertiary/aromatic N) is 2. The van der Waals surface area contributed by atoms with E-state index in [4.69, 9.17) is 9.47 Å². The molecule has 1 aromatic carbocycles. The zero-order chi connectivity index (χ0) is 18.4. The van der Waals surface area contributed by atoms with E-state index >= 15 is 0 Å². The Kier molecular flexibility index (Phi) is 6.23. The van der Waals surface area contributed by atoms with E-state index in [2.05, 4.69) is 4.98 Å². The average Bonchev–Trinajstić information content (AvgIpc) is 2.72. The number of carbonyl (C=O) groups excluding carboxylic acids is 1. The smallest absolute Gasteiger partial charge is 0.253 e. The number of hydrogen-bond acceptors (Lipinski definition) is 4. The summed E-state index contributed by atoms with van der Waals surface area (Å²) in [4.78, 5) is 19.1. The van der Waals surface area contributed by atoms with Crippen molar-refractivity contribution in [1.82, 2.24) is 9.88 Å². The number of amides is 1. The first-order valence-electron chi connectivity index (χ1n) is 9.23. The van der Waals surface area contributed by atoms with Gasteiger partial charge in [-0.15, -0.1) is 0 Å². The quantitative estimate of drug-likeness (QED) is 0.792. The first kappa shape index (κ1) is 18.4. The number of rotatable bonds is 6. The van der Waals surface area contributed by atoms with Crippen LogP contribution in [0.4, 0.5) is 0 Å². The molecule has 1 atom stereocenters. The summed E-state index contributed by atoms with van der Waals surface area (Å²) in [5.41, 5.74) is 2.47. The molecule has 0 radical (unpaired) electrons. The molecule has 1 aliphatic heterocycles. The molecular formula is C21H26N2O3. The highest BCUT2D eigenvalue weighted by molar-refractivity contribution is 5.94. The summed E-state index contributed by atoms with van der Waals surface area (Å²) in [5.74, 6) is 0.624. The van der Waals surface area contributed by atoms with Crippen molar-refractivity contribution in [3.63, 3.8) is 0 Å². The summed E-state index contributed by atoms with van der Waals surface area (Å²) >= 11 is 0. The van der Waals surface area contributed by atoms with Gasteiger partial charge in [0, 0.05) is 36.9 Å². The first-order chi connectivity index (χ1) is 12.7. The van der Waals surface area contributed by atoms with Gasteiger partial charge in [0.05, 0.1) is 18.9 Å². The van der Waals surface area contributed by atoms with Gasteiger partial charge in [0.2, 0.25) is 5.88 Å². The fourth-order valence-electron chi connectivity index (χ4n) is 3.21. The van der Waals surface area contributed by atoms with Crippen molar-refractivity contribution >= 4 is 5.91 Å². The van der Waals surface area contributed by atoms with Gasteiger partial charge in [0.25, 0.3) is 5.91 Å². The van der Waals surface area contributed by atoms with Gasteiger partial charge in [-0.3, -0.25) is 4.79 Å². The lowest BCUT2D eigenvalue weighted by atomic mass is 10.1. The predicted molar refractivity (Wildman–Crippen MR) is 101 cm³/mol. The van der Waals surface area contributed by atoms with Crippen molar-refractivity contribution in [2.75, 3.05) is 26.8 Å². The molecule has 0 saturated carbocycles. The number of likely N-dealkylation sites (N-methyl/N-ethyl adjacent to an activating group) is 1. The fourth-order valence-corrected chi connectivity index (χ4v) is 3.21. The van der Waals surface area contributed by atoms with Crippen molar-refractivity contribution in [1.29, 1.82) is 0 Å². The van der Waals surface area contributed by atoms with Gasteiger partial charge in [-0.05, 0) is 44.4 Å². The van der Waals surface area contributed by atoms with Crippen molar-refractivity contribution < 1.29 is 14.3 Å². The molecule has 0 N–H and O–H groups in total. The van der Waals surface area contributed by atoms with Gasteiger partial charge < -0.3 is 14.4 Å². The van der Waals surface area contributed by atoms with Gasteiger partial charge in [-0.1, -0.05) is 18.2 Å². The largest absolute Gasteiger partial charge is 0.481 e. The highest BCUT2D eigenvalue weighted by Crippen LogP contribution is 2.21. The summed E-state index contributed by atoms with van der Waals surface area (Å²) in [6.07, 6.45) is 3.49. The topological polar surface area (TPSA) is 51.7 Å². The third kappa shape index (κ3) is 4.41. The lowest BCUT2D eigenvalue weighted by molar-refractivity contribution is -0.00311. The summed E-state index contributed by atoms with van der Waals surface area (Å²) < 4.78 is 11.0. The average molecular weight is 354 g/mol. The normalized spacial score (nSPS) is 16.9. The van der Waals surface area contributed by atoms with Gasteiger partial charge >= 0.3 is 0 Å². The molecule has 1 unspecified atom stereocenters. The number of pyridine rings is 1. The first-order valence-corrected chi connectivity index (χ1v) is 9.23. The molecule has 5 nitrogen and oxygen atoms in total. The second-order valence-corrected chi connectivity index (χ2v) is 6.47. The van der Waals surface area contributed by atoms with Crippen LogP contribution in [0.5, 0.6) is 5.88 Å². The monoisotopic (exact) mass is 354 g/mol. The Morgan fingerprint density at radius 3 is 2.69 bits per heavy atom. The standard InChI is InChI=1S/C21H26N2O3/c1-3-23(15-18-7-4-5-14-26-18)21(24)17-12-10-16(11-13-17)19-8-6-9-20(22-19)25-2/h6,8-13,18H,3-5,7,14-15H2,1-2H3. The number of methoxy groups -OCH3 is 1. The van der Waals surface area contributed by atoms with Gasteiger partial charge in [-0.2, -0.15) is 0 Å². The van der Waals surface area contributed by atoms with E-state index in [1.807, 2.05) is 54.3 Å². The maximum absolute atomic E-state index is 12.8. The van der Waals surface area contributed by atoms with Crippen LogP contribution in [0, 0.1) is 0 Å². The molecule has 2 aromatic rings. The van der Waals surface area contributed by atoms with Crippen molar-refractivity contribution in [2.24, 2.45) is 0 Å². The molecule has 0 aliphatic carbocycles. The van der Waals surface area contributed by atoms with Crippen LogP contribution in [0.25, 0.3) is 11.3 Å². The number of hydrogen-bond donors (Lipinski definition) is 0. The van der Waals surface area contributed by atoms with Crippen LogP contribution in [0.3, 0.4) is 0 Å². The molecule has 1 fully saturated rings. The molecule has 26 heavy (non-hydrogen) atoms. The van der Waals surface area contributed by atoms with E-state index in [-0.39, 0.29) is 12.0 Å². The van der Waals surface area contributed by atoms with Crippen molar-refractivity contribution in [3.05, 3.63) is 48.0 Å². The molecule has 3 rings (SSSR count). The van der Waals surface area contributed by atoms with Crippen LogP contribution in [0.2, 0.25) is 0 Å². The highest BCUT2D eigenvalue weighted by Gasteiger charge is 2.21. The minimum Gasteiger partial charge on any atom is -0.481 e. The second kappa shape index (κ2) is 8.81. The lowest BCUT2D eigenvalue weighted by Crippen LogP contribution is -2.39. The van der Waals surface area contributed by atoms with Crippen LogP contribution in [0.1, 0.15) is 36.5 Å². The molecule has 138 valence electrons. The molecular weight excluding hydrogens is 328 g/mol. The van der Waals surface area contributed by atoms with Crippen LogP contribution >= 0.6 is 0 Å². The highest BCUT2D eigenvalue weighted by atomic mass is 16.5. The maximum Gasteiger partial charge on any atom is 0.253 e. The Morgan fingerprint density at radius 2 is 2.04 bits per heavy atom. The molecule has 0 spiro atoms. The molecule has 0 bridgehead atoms. The zero-order valence-corrected chi connectivity index (χ0v) is 15.5. The van der Waals surface area contributed by atoms with Crippen molar-refractivity contribution in [3.8, 4) is 17.1 Å². The molecule has 2 heterocycles. The van der Waals surface area contributed by atoms with E-state index in [0.29, 0.717) is 24.5 Å². The Balaban J connectivity index is 1.70. The van der Waals surface area contributed by atoms with E-state index in [1.54, 1.807) is 7.11 Å². The Morgan fingerprint density at radius 1 is 1.23 bits per heavy atom. The van der Waals surface area contributed by atoms with E-state index in [0.717, 1.165) is 30.7 Å². The molecule has 5 heteroatoms. The fraction of sp³-hybridized carbons (Fsp3) is 0.429. The van der Waals surface area contributed by atoms with Gasteiger partial charge in [0.1, 0.15) is 0 Å². The molecule has 1 saturated heterocycles. The van der Waals surface area contributed by atoms with E-state index in [1.165, 1.54) is 6.42 Å². The van der Waals surface area contributed by atoms with Gasteiger partial charge in [-0.25, -0.2) is 4.98 Å². The molecule has 1 aliphatic rings. The van der Waals surface area contributed by atoms with Crippen LogP contribution in [-0.2, 0) is 4.74 Å². The molecule has 1 amide bonds. The Labute approximate surface area is 155 Å². The SMILES string of the molecule is CCN(CC1CCCCO1)C(=O)c1ccc(-c2cccc(OC)n2)cc1. The minimum absolute atomic E-state index is 0.0480. The Bertz CT molecular complexity index is 724. The van der Waals surface area contributed by atoms with E-state index < -0.39 is 0 Å². The summed E-state index contributed by atoms with van der Waals surface area (Å²) in [5, 5.41) is 0. The number of ether oxygens (including phenoxy) is 2.